The molecule has 29 heavy (non-hydrogen) atoms. The van der Waals surface area contributed by atoms with Gasteiger partial charge in [0.05, 0.1) is 20.8 Å². The fourth-order valence-corrected chi connectivity index (χ4v) is 3.38. The van der Waals surface area contributed by atoms with Crippen molar-refractivity contribution in [3.05, 3.63) is 84.1 Å². The third-order valence-electron chi connectivity index (χ3n) is 4.75. The van der Waals surface area contributed by atoms with Crippen LogP contribution >= 0.6 is 0 Å². The van der Waals surface area contributed by atoms with E-state index in [-0.39, 0.29) is 5.91 Å². The third-order valence-corrected chi connectivity index (χ3v) is 4.75. The van der Waals surface area contributed by atoms with E-state index in [0.717, 1.165) is 5.56 Å². The van der Waals surface area contributed by atoms with Crippen LogP contribution in [0.5, 0.6) is 11.5 Å². The first kappa shape index (κ1) is 18.6. The highest BCUT2D eigenvalue weighted by atomic mass is 16.5. The van der Waals surface area contributed by atoms with Crippen molar-refractivity contribution >= 4 is 22.5 Å². The summed E-state index contributed by atoms with van der Waals surface area (Å²) in [7, 11) is 3.04. The minimum absolute atomic E-state index is 0.334. The van der Waals surface area contributed by atoms with Crippen LogP contribution in [0.2, 0.25) is 0 Å². The minimum atomic E-state index is -0.338. The Bertz CT molecular complexity index is 1140. The summed E-state index contributed by atoms with van der Waals surface area (Å²) in [5, 5.41) is 9.69. The van der Waals surface area contributed by atoms with Crippen LogP contribution in [0.25, 0.3) is 10.8 Å². The summed E-state index contributed by atoms with van der Waals surface area (Å²) in [6.45, 7) is 0.606. The lowest BCUT2D eigenvalue weighted by atomic mass is 10.0. The molecule has 6 heteroatoms. The third kappa shape index (κ3) is 3.78. The Morgan fingerprint density at radius 2 is 1.62 bits per heavy atom. The summed E-state index contributed by atoms with van der Waals surface area (Å²) in [4.78, 5) is 12.8. The van der Waals surface area contributed by atoms with Gasteiger partial charge in [-0.05, 0) is 28.5 Å². The summed E-state index contributed by atoms with van der Waals surface area (Å²) >= 11 is 0. The average molecular weight is 387 g/mol. The molecule has 146 valence electrons. The van der Waals surface area contributed by atoms with Crippen LogP contribution in [-0.2, 0) is 6.54 Å². The molecule has 0 aliphatic carbocycles. The lowest BCUT2D eigenvalue weighted by Crippen LogP contribution is -2.15. The lowest BCUT2D eigenvalue weighted by molar-refractivity contribution is 0.102. The number of hydrogen-bond acceptors (Lipinski definition) is 4. The molecule has 0 atom stereocenters. The van der Waals surface area contributed by atoms with Crippen molar-refractivity contribution < 1.29 is 14.3 Å². The highest BCUT2D eigenvalue weighted by Gasteiger charge is 2.19. The SMILES string of the molecule is COc1cccc(OC)c1C(=O)Nc1ccn(Cc2cccc3ccccc23)n1. The van der Waals surface area contributed by atoms with E-state index in [0.29, 0.717) is 29.4 Å². The molecule has 0 radical (unpaired) electrons. The maximum absolute atomic E-state index is 12.8. The Hall–Kier alpha value is -3.80. The smallest absolute Gasteiger partial charge is 0.264 e. The zero-order valence-electron chi connectivity index (χ0n) is 16.3. The molecule has 4 aromatic rings. The van der Waals surface area contributed by atoms with Gasteiger partial charge in [0.25, 0.3) is 5.91 Å². The molecule has 3 aromatic carbocycles. The zero-order chi connectivity index (χ0) is 20.2. The number of rotatable bonds is 6. The fourth-order valence-electron chi connectivity index (χ4n) is 3.38. The van der Waals surface area contributed by atoms with E-state index in [9.17, 15) is 4.79 Å². The maximum Gasteiger partial charge on any atom is 0.264 e. The largest absolute Gasteiger partial charge is 0.496 e. The molecule has 0 unspecified atom stereocenters. The van der Waals surface area contributed by atoms with E-state index in [1.807, 2.05) is 24.4 Å². The monoisotopic (exact) mass is 387 g/mol. The minimum Gasteiger partial charge on any atom is -0.496 e. The molecule has 0 saturated heterocycles. The predicted molar refractivity (Wildman–Crippen MR) is 113 cm³/mol. The fraction of sp³-hybridized carbons (Fsp3) is 0.130. The van der Waals surface area contributed by atoms with Crippen LogP contribution in [0.1, 0.15) is 15.9 Å². The number of nitrogens with zero attached hydrogens (tertiary/aromatic N) is 2. The number of nitrogens with one attached hydrogen (secondary N) is 1. The van der Waals surface area contributed by atoms with Gasteiger partial charge >= 0.3 is 0 Å². The van der Waals surface area contributed by atoms with Crippen LogP contribution in [0.15, 0.2) is 72.9 Å². The molecule has 1 heterocycles. The van der Waals surface area contributed by atoms with E-state index >= 15 is 0 Å². The molecule has 0 aliphatic rings. The first-order valence-corrected chi connectivity index (χ1v) is 9.22. The van der Waals surface area contributed by atoms with Gasteiger partial charge in [-0.2, -0.15) is 5.10 Å². The maximum atomic E-state index is 12.8. The average Bonchev–Trinajstić information content (AvgIpc) is 3.20. The summed E-state index contributed by atoms with van der Waals surface area (Å²) in [5.74, 6) is 1.01. The number of benzene rings is 3. The summed E-state index contributed by atoms with van der Waals surface area (Å²) in [5.41, 5.74) is 1.50. The van der Waals surface area contributed by atoms with Gasteiger partial charge in [0.2, 0.25) is 0 Å². The van der Waals surface area contributed by atoms with Gasteiger partial charge in [0, 0.05) is 12.3 Å². The number of amides is 1. The Kier molecular flexibility index (Phi) is 5.16. The number of hydrogen-bond donors (Lipinski definition) is 1. The van der Waals surface area contributed by atoms with Gasteiger partial charge in [-0.25, -0.2) is 0 Å². The van der Waals surface area contributed by atoms with Gasteiger partial charge in [-0.3, -0.25) is 9.48 Å². The summed E-state index contributed by atoms with van der Waals surface area (Å²) in [6.07, 6.45) is 1.84. The number of carbonyl (C=O) groups is 1. The topological polar surface area (TPSA) is 65.4 Å². The molecule has 0 saturated carbocycles. The Morgan fingerprint density at radius 1 is 0.931 bits per heavy atom. The zero-order valence-corrected chi connectivity index (χ0v) is 16.3. The molecular weight excluding hydrogens is 366 g/mol. The van der Waals surface area contributed by atoms with Crippen molar-refractivity contribution in [3.8, 4) is 11.5 Å². The number of anilines is 1. The van der Waals surface area contributed by atoms with E-state index in [1.54, 1.807) is 28.9 Å². The van der Waals surface area contributed by atoms with Crippen LogP contribution in [-0.4, -0.2) is 29.9 Å². The van der Waals surface area contributed by atoms with Crippen molar-refractivity contribution in [1.82, 2.24) is 9.78 Å². The van der Waals surface area contributed by atoms with Crippen LogP contribution in [0.3, 0.4) is 0 Å². The summed E-state index contributed by atoms with van der Waals surface area (Å²) in [6, 6.07) is 21.4. The second-order valence-corrected chi connectivity index (χ2v) is 6.53. The first-order chi connectivity index (χ1) is 14.2. The van der Waals surface area contributed by atoms with Crippen molar-refractivity contribution in [2.45, 2.75) is 6.54 Å². The molecule has 4 rings (SSSR count). The quantitative estimate of drug-likeness (QED) is 0.534. The molecular formula is C23H21N3O3. The van der Waals surface area contributed by atoms with E-state index < -0.39 is 0 Å². The second kappa shape index (κ2) is 8.06. The molecule has 1 aromatic heterocycles. The number of ether oxygens (including phenoxy) is 2. The second-order valence-electron chi connectivity index (χ2n) is 6.53. The van der Waals surface area contributed by atoms with Crippen molar-refractivity contribution in [1.29, 1.82) is 0 Å². The molecule has 0 spiro atoms. The van der Waals surface area contributed by atoms with Crippen molar-refractivity contribution in [2.24, 2.45) is 0 Å². The number of methoxy groups -OCH3 is 2. The Morgan fingerprint density at radius 3 is 2.38 bits per heavy atom. The molecule has 0 bridgehead atoms. The van der Waals surface area contributed by atoms with Gasteiger partial charge in [-0.1, -0.05) is 48.5 Å². The Balaban J connectivity index is 1.55. The normalized spacial score (nSPS) is 10.7. The van der Waals surface area contributed by atoms with E-state index in [1.165, 1.54) is 25.0 Å². The Labute approximate surface area is 168 Å². The molecule has 1 N–H and O–H groups in total. The van der Waals surface area contributed by atoms with Crippen LogP contribution in [0.4, 0.5) is 5.82 Å². The van der Waals surface area contributed by atoms with Gasteiger partial charge in [0.1, 0.15) is 17.1 Å². The van der Waals surface area contributed by atoms with Crippen molar-refractivity contribution in [2.75, 3.05) is 19.5 Å². The highest BCUT2D eigenvalue weighted by molar-refractivity contribution is 6.07. The molecule has 0 aliphatic heterocycles. The molecule has 0 fully saturated rings. The lowest BCUT2D eigenvalue weighted by Gasteiger charge is -2.12. The number of aromatic nitrogens is 2. The standard InChI is InChI=1S/C23H21N3O3/c1-28-19-11-6-12-20(29-2)22(19)23(27)24-21-13-14-26(25-21)15-17-9-5-8-16-7-3-4-10-18(16)17/h3-14H,15H2,1-2H3,(H,24,25,27). The van der Waals surface area contributed by atoms with Crippen LogP contribution < -0.4 is 14.8 Å². The van der Waals surface area contributed by atoms with Crippen LogP contribution in [0, 0.1) is 0 Å². The van der Waals surface area contributed by atoms with E-state index in [2.05, 4.69) is 34.7 Å². The molecule has 6 nitrogen and oxygen atoms in total. The van der Waals surface area contributed by atoms with Gasteiger partial charge in [0.15, 0.2) is 5.82 Å². The first-order valence-electron chi connectivity index (χ1n) is 9.22. The van der Waals surface area contributed by atoms with Gasteiger partial charge in [-0.15, -0.1) is 0 Å². The number of fused-ring (bicyclic) bond motifs is 1. The highest BCUT2D eigenvalue weighted by Crippen LogP contribution is 2.29. The van der Waals surface area contributed by atoms with E-state index in [4.69, 9.17) is 9.47 Å². The number of carbonyl (C=O) groups excluding carboxylic acids is 1. The summed E-state index contributed by atoms with van der Waals surface area (Å²) < 4.78 is 12.4. The molecule has 1 amide bonds. The van der Waals surface area contributed by atoms with Crippen molar-refractivity contribution in [3.63, 3.8) is 0 Å². The van der Waals surface area contributed by atoms with Gasteiger partial charge < -0.3 is 14.8 Å². The predicted octanol–water partition coefficient (Wildman–Crippen LogP) is 4.35.